The van der Waals surface area contributed by atoms with E-state index in [0.717, 1.165) is 44.1 Å². The minimum atomic E-state index is -0.160. The van der Waals surface area contributed by atoms with E-state index >= 15 is 0 Å². The van der Waals surface area contributed by atoms with Crippen LogP contribution in [-0.4, -0.2) is 10.9 Å². The zero-order valence-corrected chi connectivity index (χ0v) is 13.7. The van der Waals surface area contributed by atoms with Crippen LogP contribution in [0, 0.1) is 28.6 Å². The molecule has 4 aliphatic rings. The third-order valence-corrected chi connectivity index (χ3v) is 7.44. The van der Waals surface area contributed by atoms with Gasteiger partial charge in [-0.2, -0.15) is 0 Å². The lowest BCUT2D eigenvalue weighted by molar-refractivity contribution is -0.129. The molecular formula is C20H26O2. The van der Waals surface area contributed by atoms with Crippen LogP contribution in [0.15, 0.2) is 35.6 Å². The van der Waals surface area contributed by atoms with Crippen molar-refractivity contribution >= 4 is 5.78 Å². The largest absolute Gasteiger partial charge is 0.512 e. The molecule has 0 unspecified atom stereocenters. The molecule has 0 aromatic heterocycles. The summed E-state index contributed by atoms with van der Waals surface area (Å²) in [5.41, 5.74) is 2.22. The molecule has 4 aliphatic carbocycles. The molecule has 4 rings (SSSR count). The summed E-state index contributed by atoms with van der Waals surface area (Å²) in [7, 11) is 0. The molecule has 0 aromatic carbocycles. The van der Waals surface area contributed by atoms with Crippen LogP contribution in [-0.2, 0) is 4.79 Å². The van der Waals surface area contributed by atoms with Gasteiger partial charge in [-0.25, -0.2) is 0 Å². The second kappa shape index (κ2) is 4.37. The van der Waals surface area contributed by atoms with Crippen LogP contribution in [0.3, 0.4) is 0 Å². The van der Waals surface area contributed by atoms with Gasteiger partial charge in [-0.3, -0.25) is 4.79 Å². The van der Waals surface area contributed by atoms with Crippen LogP contribution in [0.2, 0.25) is 0 Å². The van der Waals surface area contributed by atoms with Gasteiger partial charge in [-0.05, 0) is 72.5 Å². The molecule has 2 heteroatoms. The molecule has 0 heterocycles. The number of carbonyl (C=O) groups is 1. The summed E-state index contributed by atoms with van der Waals surface area (Å²) >= 11 is 0. The Morgan fingerprint density at radius 3 is 2.77 bits per heavy atom. The molecule has 2 fully saturated rings. The van der Waals surface area contributed by atoms with Crippen LogP contribution in [0.5, 0.6) is 0 Å². The molecule has 0 aromatic rings. The molecule has 0 spiro atoms. The second-order valence-electron chi connectivity index (χ2n) is 8.42. The number of hydrogen-bond donors (Lipinski definition) is 1. The first kappa shape index (κ1) is 14.3. The second-order valence-corrected chi connectivity index (χ2v) is 8.42. The Labute approximate surface area is 133 Å². The minimum absolute atomic E-state index is 0.160. The van der Waals surface area contributed by atoms with E-state index in [9.17, 15) is 9.90 Å². The van der Waals surface area contributed by atoms with Crippen molar-refractivity contribution in [2.24, 2.45) is 28.6 Å². The molecule has 0 aliphatic heterocycles. The Morgan fingerprint density at radius 1 is 1.23 bits per heavy atom. The molecule has 22 heavy (non-hydrogen) atoms. The zero-order valence-electron chi connectivity index (χ0n) is 13.7. The van der Waals surface area contributed by atoms with E-state index < -0.39 is 0 Å². The smallest absolute Gasteiger partial charge is 0.164 e. The highest BCUT2D eigenvalue weighted by molar-refractivity contribution is 6.02. The number of allylic oxidation sites excluding steroid dienone is 5. The number of hydrogen-bond acceptors (Lipinski definition) is 2. The molecule has 0 bridgehead atoms. The van der Waals surface area contributed by atoms with Crippen molar-refractivity contribution in [3.05, 3.63) is 35.6 Å². The Morgan fingerprint density at radius 2 is 2.00 bits per heavy atom. The lowest BCUT2D eigenvalue weighted by Gasteiger charge is -2.55. The molecule has 2 saturated carbocycles. The summed E-state index contributed by atoms with van der Waals surface area (Å²) in [6, 6.07) is 0. The standard InChI is InChI=1S/C20H26O2/c1-12-10-17-15-5-4-13-11-14(21)6-8-19(13,2)16(15)7-9-20(17,3)18(12)22/h4,11,15-17,21H,1,5-10H2,2-3H3/t15-,16+,17+,19+,20+/m1/s1. The zero-order chi connectivity index (χ0) is 15.7. The van der Waals surface area contributed by atoms with Crippen molar-refractivity contribution in [3.8, 4) is 0 Å². The first-order valence-electron chi connectivity index (χ1n) is 8.69. The van der Waals surface area contributed by atoms with Crippen LogP contribution in [0.4, 0.5) is 0 Å². The van der Waals surface area contributed by atoms with Gasteiger partial charge in [0.1, 0.15) is 0 Å². The fraction of sp³-hybridized carbons (Fsp3) is 0.650. The number of carbonyl (C=O) groups excluding carboxylic acids is 1. The summed E-state index contributed by atoms with van der Waals surface area (Å²) in [6.07, 6.45) is 10.3. The van der Waals surface area contributed by atoms with Crippen molar-refractivity contribution in [3.63, 3.8) is 0 Å². The highest BCUT2D eigenvalue weighted by Gasteiger charge is 2.59. The van der Waals surface area contributed by atoms with Crippen molar-refractivity contribution in [2.75, 3.05) is 0 Å². The maximum absolute atomic E-state index is 12.6. The number of ketones is 1. The van der Waals surface area contributed by atoms with Gasteiger partial charge in [0, 0.05) is 11.8 Å². The van der Waals surface area contributed by atoms with Gasteiger partial charge in [0.25, 0.3) is 0 Å². The quantitative estimate of drug-likeness (QED) is 0.656. The van der Waals surface area contributed by atoms with Gasteiger partial charge in [-0.1, -0.05) is 26.5 Å². The third-order valence-electron chi connectivity index (χ3n) is 7.44. The van der Waals surface area contributed by atoms with Crippen LogP contribution < -0.4 is 0 Å². The van der Waals surface area contributed by atoms with Crippen molar-refractivity contribution < 1.29 is 9.90 Å². The summed E-state index contributed by atoms with van der Waals surface area (Å²) in [4.78, 5) is 12.6. The Bertz CT molecular complexity index is 626. The number of rotatable bonds is 0. The van der Waals surface area contributed by atoms with Crippen LogP contribution >= 0.6 is 0 Å². The SMILES string of the molecule is C=C1C[C@H]2[C@@H]3CC=C4C=C(O)CC[C@]4(C)[C@H]3CC[C@]2(C)C1=O. The van der Waals surface area contributed by atoms with E-state index in [1.807, 2.05) is 6.08 Å². The Balaban J connectivity index is 1.75. The monoisotopic (exact) mass is 298 g/mol. The summed E-state index contributed by atoms with van der Waals surface area (Å²) < 4.78 is 0. The predicted molar refractivity (Wildman–Crippen MR) is 87.3 cm³/mol. The predicted octanol–water partition coefficient (Wildman–Crippen LogP) is 4.74. The molecule has 118 valence electrons. The summed E-state index contributed by atoms with van der Waals surface area (Å²) in [5.74, 6) is 2.59. The Hall–Kier alpha value is -1.31. The number of Topliss-reactive ketones (excluding diaryl/α,β-unsaturated/α-hetero) is 1. The average molecular weight is 298 g/mol. The van der Waals surface area contributed by atoms with Crippen LogP contribution in [0.25, 0.3) is 0 Å². The van der Waals surface area contributed by atoms with E-state index in [1.165, 1.54) is 5.57 Å². The molecular weight excluding hydrogens is 272 g/mol. The number of fused-ring (bicyclic) bond motifs is 5. The van der Waals surface area contributed by atoms with Gasteiger partial charge in [0.15, 0.2) is 5.78 Å². The van der Waals surface area contributed by atoms with Gasteiger partial charge >= 0.3 is 0 Å². The number of aliphatic hydroxyl groups is 1. The van der Waals surface area contributed by atoms with E-state index in [-0.39, 0.29) is 10.8 Å². The molecule has 0 saturated heterocycles. The van der Waals surface area contributed by atoms with Crippen LogP contribution in [0.1, 0.15) is 52.4 Å². The number of aliphatic hydroxyl groups excluding tert-OH is 1. The molecule has 2 nitrogen and oxygen atoms in total. The Kier molecular flexibility index (Phi) is 2.84. The highest BCUT2D eigenvalue weighted by atomic mass is 16.3. The summed E-state index contributed by atoms with van der Waals surface area (Å²) in [5, 5.41) is 9.88. The minimum Gasteiger partial charge on any atom is -0.512 e. The topological polar surface area (TPSA) is 37.3 Å². The van der Waals surface area contributed by atoms with E-state index in [0.29, 0.717) is 29.3 Å². The first-order valence-corrected chi connectivity index (χ1v) is 8.69. The molecule has 0 radical (unpaired) electrons. The average Bonchev–Trinajstić information content (AvgIpc) is 2.72. The fourth-order valence-corrected chi connectivity index (χ4v) is 6.05. The first-order chi connectivity index (χ1) is 10.4. The van der Waals surface area contributed by atoms with Gasteiger partial charge in [-0.15, -0.1) is 0 Å². The molecule has 5 atom stereocenters. The lowest BCUT2D eigenvalue weighted by atomic mass is 9.49. The lowest BCUT2D eigenvalue weighted by Crippen LogP contribution is -2.49. The van der Waals surface area contributed by atoms with Gasteiger partial charge in [0.05, 0.1) is 5.76 Å². The molecule has 0 amide bonds. The van der Waals surface area contributed by atoms with Gasteiger partial charge in [0.2, 0.25) is 0 Å². The molecule has 1 N–H and O–H groups in total. The van der Waals surface area contributed by atoms with E-state index in [1.54, 1.807) is 0 Å². The maximum atomic E-state index is 12.6. The summed E-state index contributed by atoms with van der Waals surface area (Å²) in [6.45, 7) is 8.61. The van der Waals surface area contributed by atoms with E-state index in [4.69, 9.17) is 0 Å². The normalized spacial score (nSPS) is 47.3. The van der Waals surface area contributed by atoms with Crippen molar-refractivity contribution in [1.82, 2.24) is 0 Å². The third kappa shape index (κ3) is 1.64. The van der Waals surface area contributed by atoms with Crippen molar-refractivity contribution in [2.45, 2.75) is 52.4 Å². The highest BCUT2D eigenvalue weighted by Crippen LogP contribution is 2.64. The van der Waals surface area contributed by atoms with E-state index in [2.05, 4.69) is 26.5 Å². The maximum Gasteiger partial charge on any atom is 0.164 e. The van der Waals surface area contributed by atoms with Gasteiger partial charge < -0.3 is 5.11 Å². The fourth-order valence-electron chi connectivity index (χ4n) is 6.05. The van der Waals surface area contributed by atoms with Crippen molar-refractivity contribution in [1.29, 1.82) is 0 Å².